The lowest BCUT2D eigenvalue weighted by Crippen LogP contribution is -2.12. The molecule has 1 aromatic heterocycles. The second-order valence-corrected chi connectivity index (χ2v) is 3.85. The first-order valence-electron chi connectivity index (χ1n) is 5.01. The number of aromatic nitrogens is 2. The van der Waals surface area contributed by atoms with Gasteiger partial charge in [0.15, 0.2) is 0 Å². The van der Waals surface area contributed by atoms with Gasteiger partial charge in [0.2, 0.25) is 0 Å². The number of rotatable bonds is 1. The van der Waals surface area contributed by atoms with Gasteiger partial charge in [-0.2, -0.15) is 5.10 Å². The van der Waals surface area contributed by atoms with Crippen LogP contribution in [-0.4, -0.2) is 10.2 Å². The van der Waals surface area contributed by atoms with E-state index in [0.29, 0.717) is 11.4 Å². The standard InChI is InChI=1S/C12H13N3O/c1-7-3-4-8(2)9(5-7)10-6-11(13)14-15-12(10)16/h3-6H,1-2H3,(H2,13,14)(H,15,16). The molecule has 0 unspecified atom stereocenters. The van der Waals surface area contributed by atoms with Gasteiger partial charge in [-0.05, 0) is 31.0 Å². The first kappa shape index (κ1) is 10.4. The van der Waals surface area contributed by atoms with Crippen LogP contribution in [-0.2, 0) is 0 Å². The van der Waals surface area contributed by atoms with E-state index in [0.717, 1.165) is 16.7 Å². The van der Waals surface area contributed by atoms with Crippen molar-refractivity contribution >= 4 is 5.82 Å². The fraction of sp³-hybridized carbons (Fsp3) is 0.167. The summed E-state index contributed by atoms with van der Waals surface area (Å²) in [5, 5.41) is 6.04. The maximum Gasteiger partial charge on any atom is 0.272 e. The number of benzene rings is 1. The van der Waals surface area contributed by atoms with Crippen molar-refractivity contribution in [2.45, 2.75) is 13.8 Å². The molecule has 3 N–H and O–H groups in total. The summed E-state index contributed by atoms with van der Waals surface area (Å²) in [6.45, 7) is 3.95. The monoisotopic (exact) mass is 215 g/mol. The molecule has 16 heavy (non-hydrogen) atoms. The van der Waals surface area contributed by atoms with Crippen LogP contribution < -0.4 is 11.3 Å². The van der Waals surface area contributed by atoms with Gasteiger partial charge in [-0.15, -0.1) is 0 Å². The molecule has 0 aliphatic rings. The van der Waals surface area contributed by atoms with Gasteiger partial charge >= 0.3 is 0 Å². The van der Waals surface area contributed by atoms with Gasteiger partial charge in [0.1, 0.15) is 5.82 Å². The lowest BCUT2D eigenvalue weighted by atomic mass is 10.00. The second kappa shape index (κ2) is 3.81. The Kier molecular flexibility index (Phi) is 2.48. The molecule has 0 radical (unpaired) electrons. The Hall–Kier alpha value is -2.10. The van der Waals surface area contributed by atoms with Crippen LogP contribution in [0.25, 0.3) is 11.1 Å². The number of nitrogens with zero attached hydrogens (tertiary/aromatic N) is 1. The first-order chi connectivity index (χ1) is 7.58. The van der Waals surface area contributed by atoms with Crippen LogP contribution in [0.5, 0.6) is 0 Å². The Bertz CT molecular complexity index is 587. The highest BCUT2D eigenvalue weighted by molar-refractivity contribution is 5.68. The van der Waals surface area contributed by atoms with E-state index in [9.17, 15) is 4.79 Å². The Balaban J connectivity index is 2.71. The molecular formula is C12H13N3O. The number of anilines is 1. The van der Waals surface area contributed by atoms with Gasteiger partial charge < -0.3 is 5.73 Å². The second-order valence-electron chi connectivity index (χ2n) is 3.85. The summed E-state index contributed by atoms with van der Waals surface area (Å²) in [5.74, 6) is 0.315. The molecule has 0 spiro atoms. The molecule has 4 heteroatoms. The zero-order chi connectivity index (χ0) is 11.7. The summed E-state index contributed by atoms with van der Waals surface area (Å²) in [5.41, 5.74) is 8.96. The van der Waals surface area contributed by atoms with Crippen LogP contribution in [0.2, 0.25) is 0 Å². The number of nitrogens with one attached hydrogen (secondary N) is 1. The van der Waals surface area contributed by atoms with Crippen molar-refractivity contribution in [3.05, 3.63) is 45.7 Å². The lowest BCUT2D eigenvalue weighted by molar-refractivity contribution is 1.00. The predicted molar refractivity (Wildman–Crippen MR) is 64.2 cm³/mol. The fourth-order valence-corrected chi connectivity index (χ4v) is 1.65. The van der Waals surface area contributed by atoms with E-state index in [1.165, 1.54) is 0 Å². The summed E-state index contributed by atoms with van der Waals surface area (Å²) in [7, 11) is 0. The molecule has 0 saturated heterocycles. The maximum absolute atomic E-state index is 11.7. The Labute approximate surface area is 93.1 Å². The van der Waals surface area contributed by atoms with Gasteiger partial charge in [0.25, 0.3) is 5.56 Å². The average Bonchev–Trinajstić information content (AvgIpc) is 2.25. The molecule has 4 nitrogen and oxygen atoms in total. The van der Waals surface area contributed by atoms with Crippen LogP contribution >= 0.6 is 0 Å². The third kappa shape index (κ3) is 1.82. The number of aromatic amines is 1. The van der Waals surface area contributed by atoms with Crippen molar-refractivity contribution in [3.63, 3.8) is 0 Å². The number of H-pyrrole nitrogens is 1. The number of aryl methyl sites for hydroxylation is 2. The number of nitrogen functional groups attached to an aromatic ring is 1. The summed E-state index contributed by atoms with van der Waals surface area (Å²) in [6.07, 6.45) is 0. The molecule has 0 aliphatic carbocycles. The predicted octanol–water partition coefficient (Wildman–Crippen LogP) is 1.64. The lowest BCUT2D eigenvalue weighted by Gasteiger charge is -2.06. The van der Waals surface area contributed by atoms with Crippen molar-refractivity contribution in [3.8, 4) is 11.1 Å². The molecular weight excluding hydrogens is 202 g/mol. The highest BCUT2D eigenvalue weighted by Crippen LogP contribution is 2.21. The Morgan fingerprint density at radius 2 is 1.94 bits per heavy atom. The summed E-state index contributed by atoms with van der Waals surface area (Å²) < 4.78 is 0. The minimum atomic E-state index is -0.220. The average molecular weight is 215 g/mol. The van der Waals surface area contributed by atoms with Crippen molar-refractivity contribution in [2.75, 3.05) is 5.73 Å². The van der Waals surface area contributed by atoms with Crippen LogP contribution in [0.3, 0.4) is 0 Å². The molecule has 0 amide bonds. The third-order valence-electron chi connectivity index (χ3n) is 2.51. The number of hydrogen-bond acceptors (Lipinski definition) is 3. The van der Waals surface area contributed by atoms with Crippen LogP contribution in [0.15, 0.2) is 29.1 Å². The highest BCUT2D eigenvalue weighted by atomic mass is 16.1. The van der Waals surface area contributed by atoms with Gasteiger partial charge in [0, 0.05) is 0 Å². The molecule has 82 valence electrons. The Morgan fingerprint density at radius 1 is 1.19 bits per heavy atom. The highest BCUT2D eigenvalue weighted by Gasteiger charge is 2.07. The summed E-state index contributed by atoms with van der Waals surface area (Å²) >= 11 is 0. The zero-order valence-electron chi connectivity index (χ0n) is 9.24. The van der Waals surface area contributed by atoms with Crippen LogP contribution in [0.4, 0.5) is 5.82 Å². The molecule has 2 rings (SSSR count). The minimum Gasteiger partial charge on any atom is -0.382 e. The Morgan fingerprint density at radius 3 is 2.69 bits per heavy atom. The van der Waals surface area contributed by atoms with E-state index in [1.807, 2.05) is 32.0 Å². The zero-order valence-corrected chi connectivity index (χ0v) is 9.24. The largest absolute Gasteiger partial charge is 0.382 e. The molecule has 1 aromatic carbocycles. The van der Waals surface area contributed by atoms with Gasteiger partial charge in [0.05, 0.1) is 5.56 Å². The molecule has 1 heterocycles. The van der Waals surface area contributed by atoms with E-state index in [-0.39, 0.29) is 5.56 Å². The number of hydrogen-bond donors (Lipinski definition) is 2. The normalized spacial score (nSPS) is 10.4. The molecule has 0 bridgehead atoms. The quantitative estimate of drug-likeness (QED) is 0.759. The smallest absolute Gasteiger partial charge is 0.272 e. The van der Waals surface area contributed by atoms with Gasteiger partial charge in [-0.25, -0.2) is 5.10 Å². The van der Waals surface area contributed by atoms with Crippen molar-refractivity contribution in [1.82, 2.24) is 10.2 Å². The molecule has 0 aliphatic heterocycles. The van der Waals surface area contributed by atoms with Crippen molar-refractivity contribution in [1.29, 1.82) is 0 Å². The van der Waals surface area contributed by atoms with Gasteiger partial charge in [-0.3, -0.25) is 4.79 Å². The fourth-order valence-electron chi connectivity index (χ4n) is 1.65. The van der Waals surface area contributed by atoms with Crippen LogP contribution in [0, 0.1) is 13.8 Å². The maximum atomic E-state index is 11.7. The van der Waals surface area contributed by atoms with Crippen LogP contribution in [0.1, 0.15) is 11.1 Å². The van der Waals surface area contributed by atoms with Crippen molar-refractivity contribution in [2.24, 2.45) is 0 Å². The van der Waals surface area contributed by atoms with E-state index < -0.39 is 0 Å². The molecule has 0 saturated carbocycles. The third-order valence-corrected chi connectivity index (χ3v) is 2.51. The van der Waals surface area contributed by atoms with E-state index in [1.54, 1.807) is 6.07 Å². The van der Waals surface area contributed by atoms with Gasteiger partial charge in [-0.1, -0.05) is 23.8 Å². The first-order valence-corrected chi connectivity index (χ1v) is 5.01. The number of nitrogens with two attached hydrogens (primary N) is 1. The summed E-state index contributed by atoms with van der Waals surface area (Å²) in [4.78, 5) is 11.7. The van der Waals surface area contributed by atoms with E-state index in [4.69, 9.17) is 5.73 Å². The summed E-state index contributed by atoms with van der Waals surface area (Å²) in [6, 6.07) is 7.57. The SMILES string of the molecule is Cc1ccc(C)c(-c2cc(N)n[nH]c2=O)c1. The molecule has 0 fully saturated rings. The van der Waals surface area contributed by atoms with E-state index >= 15 is 0 Å². The molecule has 0 atom stereocenters. The van der Waals surface area contributed by atoms with Crippen molar-refractivity contribution < 1.29 is 0 Å². The van der Waals surface area contributed by atoms with E-state index in [2.05, 4.69) is 10.2 Å². The molecule has 2 aromatic rings. The minimum absolute atomic E-state index is 0.220. The topological polar surface area (TPSA) is 71.8 Å².